The van der Waals surface area contributed by atoms with E-state index < -0.39 is 0 Å². The Bertz CT molecular complexity index is 1200. The average molecular weight is 464 g/mol. The molecule has 0 saturated carbocycles. The third-order valence-electron chi connectivity index (χ3n) is 5.06. The third-order valence-corrected chi connectivity index (χ3v) is 5.59. The van der Waals surface area contributed by atoms with Crippen LogP contribution in [0, 0.1) is 0 Å². The van der Waals surface area contributed by atoms with E-state index in [1.807, 2.05) is 60.7 Å². The Kier molecular flexibility index (Phi) is 6.14. The zero-order valence-electron chi connectivity index (χ0n) is 16.6. The Balaban J connectivity index is 1.45. The first-order valence-electron chi connectivity index (χ1n) is 9.85. The number of fused-ring (bicyclic) bond motifs is 1. The number of para-hydroxylation sites is 1. The van der Waals surface area contributed by atoms with Crippen molar-refractivity contribution in [3.63, 3.8) is 0 Å². The lowest BCUT2D eigenvalue weighted by Gasteiger charge is -2.17. The predicted molar refractivity (Wildman–Crippen MR) is 125 cm³/mol. The van der Waals surface area contributed by atoms with Gasteiger partial charge in [0, 0.05) is 16.4 Å². The van der Waals surface area contributed by atoms with Gasteiger partial charge < -0.3 is 10.1 Å². The van der Waals surface area contributed by atoms with Crippen LogP contribution in [0.15, 0.2) is 82.1 Å². The molecular formula is C24H22BrN3O2. The third kappa shape index (κ3) is 4.54. The molecule has 30 heavy (non-hydrogen) atoms. The zero-order chi connectivity index (χ0) is 20.9. The van der Waals surface area contributed by atoms with Crippen LogP contribution in [0.5, 0.6) is 11.5 Å². The molecule has 0 spiro atoms. The van der Waals surface area contributed by atoms with Gasteiger partial charge in [-0.15, -0.1) is 0 Å². The molecule has 1 unspecified atom stereocenters. The summed E-state index contributed by atoms with van der Waals surface area (Å²) in [5.41, 5.74) is 0.977. The van der Waals surface area contributed by atoms with E-state index in [9.17, 15) is 4.79 Å². The van der Waals surface area contributed by atoms with E-state index in [1.54, 1.807) is 6.07 Å². The second kappa shape index (κ2) is 9.13. The first-order valence-corrected chi connectivity index (χ1v) is 10.6. The standard InChI is InChI=1S/C24H22BrN3O2/c1-16(14-15-26-23-20-7-2-3-8-21(20)24(29)28-27-23)19-6-4-5-9-22(19)30-18-12-10-17(25)11-13-18/h2-13,16H,14-15H2,1H3,(H,26,27)(H,28,29). The molecule has 3 aromatic carbocycles. The molecule has 0 saturated heterocycles. The highest BCUT2D eigenvalue weighted by molar-refractivity contribution is 9.10. The van der Waals surface area contributed by atoms with Gasteiger partial charge in [-0.3, -0.25) is 4.79 Å². The van der Waals surface area contributed by atoms with Gasteiger partial charge >= 0.3 is 0 Å². The summed E-state index contributed by atoms with van der Waals surface area (Å²) in [7, 11) is 0. The van der Waals surface area contributed by atoms with Crippen molar-refractivity contribution >= 4 is 32.5 Å². The van der Waals surface area contributed by atoms with Crippen molar-refractivity contribution < 1.29 is 4.74 Å². The number of benzene rings is 3. The van der Waals surface area contributed by atoms with E-state index >= 15 is 0 Å². The maximum atomic E-state index is 11.9. The fourth-order valence-corrected chi connectivity index (χ4v) is 3.69. The number of rotatable bonds is 7. The number of nitrogens with one attached hydrogen (secondary N) is 2. The van der Waals surface area contributed by atoms with Crippen LogP contribution in [0.3, 0.4) is 0 Å². The second-order valence-corrected chi connectivity index (χ2v) is 8.07. The Morgan fingerprint density at radius 3 is 2.50 bits per heavy atom. The molecule has 6 heteroatoms. The Hall–Kier alpha value is -3.12. The van der Waals surface area contributed by atoms with Crippen LogP contribution in [0.1, 0.15) is 24.8 Å². The normalized spacial score (nSPS) is 11.9. The smallest absolute Gasteiger partial charge is 0.272 e. The molecule has 4 aromatic rings. The minimum absolute atomic E-state index is 0.177. The van der Waals surface area contributed by atoms with Gasteiger partial charge in [0.05, 0.1) is 5.39 Å². The van der Waals surface area contributed by atoms with Crippen LogP contribution >= 0.6 is 15.9 Å². The topological polar surface area (TPSA) is 67.0 Å². The van der Waals surface area contributed by atoms with Crippen LogP contribution in [0.4, 0.5) is 5.82 Å². The molecule has 2 N–H and O–H groups in total. The highest BCUT2D eigenvalue weighted by atomic mass is 79.9. The quantitative estimate of drug-likeness (QED) is 0.348. The summed E-state index contributed by atoms with van der Waals surface area (Å²) in [5.74, 6) is 2.63. The summed E-state index contributed by atoms with van der Waals surface area (Å²) in [6, 6.07) is 23.4. The average Bonchev–Trinajstić information content (AvgIpc) is 2.77. The summed E-state index contributed by atoms with van der Waals surface area (Å²) in [4.78, 5) is 11.9. The lowest BCUT2D eigenvalue weighted by atomic mass is 9.97. The molecule has 0 bridgehead atoms. The van der Waals surface area contributed by atoms with Crippen molar-refractivity contribution in [2.75, 3.05) is 11.9 Å². The SMILES string of the molecule is CC(CCNc1n[nH]c(=O)c2ccccc12)c1ccccc1Oc1ccc(Br)cc1. The summed E-state index contributed by atoms with van der Waals surface area (Å²) in [6.45, 7) is 2.90. The molecule has 1 heterocycles. The van der Waals surface area contributed by atoms with Crippen molar-refractivity contribution in [2.45, 2.75) is 19.3 Å². The summed E-state index contributed by atoms with van der Waals surface area (Å²) >= 11 is 3.45. The molecule has 1 atom stereocenters. The van der Waals surface area contributed by atoms with Crippen LogP contribution in [-0.2, 0) is 0 Å². The number of hydrogen-bond donors (Lipinski definition) is 2. The number of hydrogen-bond acceptors (Lipinski definition) is 4. The van der Waals surface area contributed by atoms with Gasteiger partial charge in [-0.2, -0.15) is 5.10 Å². The first-order chi connectivity index (χ1) is 14.6. The molecule has 0 aliphatic rings. The molecule has 1 aromatic heterocycles. The minimum atomic E-state index is -0.177. The van der Waals surface area contributed by atoms with Crippen LogP contribution in [0.2, 0.25) is 0 Å². The number of halogens is 1. The van der Waals surface area contributed by atoms with Crippen molar-refractivity contribution in [1.29, 1.82) is 0 Å². The van der Waals surface area contributed by atoms with E-state index in [2.05, 4.69) is 44.4 Å². The first kappa shape index (κ1) is 20.2. The van der Waals surface area contributed by atoms with Crippen LogP contribution < -0.4 is 15.6 Å². The molecule has 152 valence electrons. The lowest BCUT2D eigenvalue weighted by Crippen LogP contribution is -2.13. The molecule has 5 nitrogen and oxygen atoms in total. The molecule has 0 aliphatic carbocycles. The van der Waals surface area contributed by atoms with Gasteiger partial charge in [0.15, 0.2) is 5.82 Å². The summed E-state index contributed by atoms with van der Waals surface area (Å²) in [6.07, 6.45) is 0.885. The van der Waals surface area contributed by atoms with Gasteiger partial charge in [-0.05, 0) is 54.3 Å². The fraction of sp³-hybridized carbons (Fsp3) is 0.167. The van der Waals surface area contributed by atoms with Crippen molar-refractivity contribution in [3.05, 3.63) is 93.2 Å². The predicted octanol–water partition coefficient (Wildman–Crippen LogP) is 6.08. The molecule has 4 rings (SSSR count). The Morgan fingerprint density at radius 1 is 1.00 bits per heavy atom. The van der Waals surface area contributed by atoms with E-state index in [0.29, 0.717) is 11.2 Å². The van der Waals surface area contributed by atoms with Gasteiger partial charge in [0.2, 0.25) is 0 Å². The number of aromatic amines is 1. The van der Waals surface area contributed by atoms with Crippen molar-refractivity contribution in [2.24, 2.45) is 0 Å². The maximum absolute atomic E-state index is 11.9. The number of aromatic nitrogens is 2. The Morgan fingerprint density at radius 2 is 1.70 bits per heavy atom. The number of H-pyrrole nitrogens is 1. The minimum Gasteiger partial charge on any atom is -0.457 e. The van der Waals surface area contributed by atoms with E-state index in [0.717, 1.165) is 39.9 Å². The summed E-state index contributed by atoms with van der Waals surface area (Å²) < 4.78 is 7.15. The molecule has 0 aliphatic heterocycles. The lowest BCUT2D eigenvalue weighted by molar-refractivity contribution is 0.469. The highest BCUT2D eigenvalue weighted by Crippen LogP contribution is 2.32. The van der Waals surface area contributed by atoms with Gasteiger partial charge in [-0.1, -0.05) is 59.3 Å². The van der Waals surface area contributed by atoms with E-state index in [4.69, 9.17) is 4.74 Å². The molecule has 0 radical (unpaired) electrons. The van der Waals surface area contributed by atoms with Gasteiger partial charge in [0.1, 0.15) is 11.5 Å². The second-order valence-electron chi connectivity index (χ2n) is 7.16. The van der Waals surface area contributed by atoms with Crippen LogP contribution in [0.25, 0.3) is 10.8 Å². The summed E-state index contributed by atoms with van der Waals surface area (Å²) in [5, 5.41) is 11.6. The van der Waals surface area contributed by atoms with Crippen molar-refractivity contribution in [1.82, 2.24) is 10.2 Å². The van der Waals surface area contributed by atoms with Gasteiger partial charge in [-0.25, -0.2) is 5.10 Å². The van der Waals surface area contributed by atoms with E-state index in [1.165, 1.54) is 0 Å². The number of ether oxygens (including phenoxy) is 1. The molecule has 0 fully saturated rings. The number of nitrogens with zero attached hydrogens (tertiary/aromatic N) is 1. The van der Waals surface area contributed by atoms with Gasteiger partial charge in [0.25, 0.3) is 5.56 Å². The monoisotopic (exact) mass is 463 g/mol. The highest BCUT2D eigenvalue weighted by Gasteiger charge is 2.13. The number of anilines is 1. The Labute approximate surface area is 183 Å². The maximum Gasteiger partial charge on any atom is 0.272 e. The fourth-order valence-electron chi connectivity index (χ4n) is 3.42. The van der Waals surface area contributed by atoms with E-state index in [-0.39, 0.29) is 11.5 Å². The van der Waals surface area contributed by atoms with Crippen molar-refractivity contribution in [3.8, 4) is 11.5 Å². The zero-order valence-corrected chi connectivity index (χ0v) is 18.1. The molecular weight excluding hydrogens is 442 g/mol. The largest absolute Gasteiger partial charge is 0.457 e. The van der Waals surface area contributed by atoms with Crippen LogP contribution in [-0.4, -0.2) is 16.7 Å². The molecule has 0 amide bonds.